The normalized spacial score (nSPS) is 25.5. The molecule has 1 aromatic carbocycles. The number of anilines is 1. The Morgan fingerprint density at radius 3 is 2.47 bits per heavy atom. The second-order valence-corrected chi connectivity index (χ2v) is 5.63. The molecule has 2 atom stereocenters. The maximum atomic E-state index is 5.88. The van der Waals surface area contributed by atoms with Gasteiger partial charge in [0, 0.05) is 43.0 Å². The van der Waals surface area contributed by atoms with Crippen LogP contribution in [-0.2, 0) is 6.54 Å². The van der Waals surface area contributed by atoms with Crippen LogP contribution in [0.15, 0.2) is 18.2 Å². The van der Waals surface area contributed by atoms with E-state index in [2.05, 4.69) is 30.7 Å². The SMILES string of the molecule is COc1ccc(N)cc1CN1CC(C)N(C)C(C)C1. The van der Waals surface area contributed by atoms with Crippen LogP contribution in [0.1, 0.15) is 19.4 Å². The Balaban J connectivity index is 2.11. The van der Waals surface area contributed by atoms with Crippen LogP contribution in [0, 0.1) is 0 Å². The molecule has 19 heavy (non-hydrogen) atoms. The van der Waals surface area contributed by atoms with E-state index in [1.165, 1.54) is 5.56 Å². The molecule has 2 unspecified atom stereocenters. The number of piperazine rings is 1. The standard InChI is InChI=1S/C15H25N3O/c1-11-8-18(9-12(2)17(11)3)10-13-7-14(16)5-6-15(13)19-4/h5-7,11-12H,8-10,16H2,1-4H3. The zero-order valence-corrected chi connectivity index (χ0v) is 12.4. The molecule has 0 radical (unpaired) electrons. The quantitative estimate of drug-likeness (QED) is 0.844. The van der Waals surface area contributed by atoms with E-state index >= 15 is 0 Å². The number of methoxy groups -OCH3 is 1. The molecule has 1 aliphatic heterocycles. The van der Waals surface area contributed by atoms with E-state index in [1.54, 1.807) is 7.11 Å². The molecule has 1 saturated heterocycles. The lowest BCUT2D eigenvalue weighted by molar-refractivity contribution is 0.0552. The van der Waals surface area contributed by atoms with E-state index in [1.807, 2.05) is 18.2 Å². The van der Waals surface area contributed by atoms with E-state index in [0.717, 1.165) is 31.1 Å². The first-order chi connectivity index (χ1) is 9.01. The fourth-order valence-corrected chi connectivity index (χ4v) is 2.81. The Bertz CT molecular complexity index is 423. The van der Waals surface area contributed by atoms with E-state index < -0.39 is 0 Å². The monoisotopic (exact) mass is 263 g/mol. The van der Waals surface area contributed by atoms with Crippen LogP contribution >= 0.6 is 0 Å². The van der Waals surface area contributed by atoms with Crippen molar-refractivity contribution in [2.75, 3.05) is 33.0 Å². The topological polar surface area (TPSA) is 41.7 Å². The van der Waals surface area contributed by atoms with Gasteiger partial charge in [0.1, 0.15) is 5.75 Å². The summed E-state index contributed by atoms with van der Waals surface area (Å²) in [6.07, 6.45) is 0. The summed E-state index contributed by atoms with van der Waals surface area (Å²) in [6, 6.07) is 7.02. The zero-order valence-electron chi connectivity index (χ0n) is 12.4. The van der Waals surface area contributed by atoms with Crippen LogP contribution in [0.4, 0.5) is 5.69 Å². The minimum Gasteiger partial charge on any atom is -0.496 e. The van der Waals surface area contributed by atoms with E-state index in [-0.39, 0.29) is 0 Å². The van der Waals surface area contributed by atoms with Gasteiger partial charge in [-0.2, -0.15) is 0 Å². The maximum Gasteiger partial charge on any atom is 0.123 e. The molecule has 1 fully saturated rings. The summed E-state index contributed by atoms with van der Waals surface area (Å²) < 4.78 is 5.42. The summed E-state index contributed by atoms with van der Waals surface area (Å²) in [7, 11) is 3.91. The largest absolute Gasteiger partial charge is 0.496 e. The fraction of sp³-hybridized carbons (Fsp3) is 0.600. The lowest BCUT2D eigenvalue weighted by atomic mass is 10.1. The third-order valence-corrected chi connectivity index (χ3v) is 4.13. The number of nitrogens with zero attached hydrogens (tertiary/aromatic N) is 2. The summed E-state index contributed by atoms with van der Waals surface area (Å²) in [5.74, 6) is 0.924. The van der Waals surface area contributed by atoms with Gasteiger partial charge >= 0.3 is 0 Å². The van der Waals surface area contributed by atoms with Gasteiger partial charge in [0.05, 0.1) is 7.11 Å². The number of ether oxygens (including phenoxy) is 1. The van der Waals surface area contributed by atoms with Crippen LogP contribution in [-0.4, -0.2) is 49.1 Å². The summed E-state index contributed by atoms with van der Waals surface area (Å²) in [6.45, 7) is 7.62. The van der Waals surface area contributed by atoms with Gasteiger partial charge in [-0.05, 0) is 39.1 Å². The van der Waals surface area contributed by atoms with Crippen molar-refractivity contribution in [3.8, 4) is 5.75 Å². The fourth-order valence-electron chi connectivity index (χ4n) is 2.81. The predicted octanol–water partition coefficient (Wildman–Crippen LogP) is 1.80. The second-order valence-electron chi connectivity index (χ2n) is 5.63. The highest BCUT2D eigenvalue weighted by Crippen LogP contribution is 2.24. The van der Waals surface area contributed by atoms with Crippen molar-refractivity contribution in [3.63, 3.8) is 0 Å². The second kappa shape index (κ2) is 5.80. The first-order valence-corrected chi connectivity index (χ1v) is 6.88. The van der Waals surface area contributed by atoms with Gasteiger partial charge in [0.25, 0.3) is 0 Å². The number of likely N-dealkylation sites (N-methyl/N-ethyl adjacent to an activating group) is 1. The predicted molar refractivity (Wildman–Crippen MR) is 79.4 cm³/mol. The third-order valence-electron chi connectivity index (χ3n) is 4.13. The Kier molecular flexibility index (Phi) is 4.32. The van der Waals surface area contributed by atoms with Crippen molar-refractivity contribution in [3.05, 3.63) is 23.8 Å². The number of hydrogen-bond donors (Lipinski definition) is 1. The molecule has 4 nitrogen and oxygen atoms in total. The summed E-state index contributed by atoms with van der Waals surface area (Å²) >= 11 is 0. The van der Waals surface area contributed by atoms with Gasteiger partial charge < -0.3 is 10.5 Å². The number of nitrogens with two attached hydrogens (primary N) is 1. The molecule has 0 aromatic heterocycles. The molecule has 1 aliphatic rings. The van der Waals surface area contributed by atoms with Crippen molar-refractivity contribution in [1.29, 1.82) is 0 Å². The van der Waals surface area contributed by atoms with Gasteiger partial charge in [0.2, 0.25) is 0 Å². The molecule has 0 aliphatic carbocycles. The van der Waals surface area contributed by atoms with E-state index in [4.69, 9.17) is 10.5 Å². The van der Waals surface area contributed by atoms with E-state index in [0.29, 0.717) is 12.1 Å². The maximum absolute atomic E-state index is 5.88. The number of nitrogen functional groups attached to an aromatic ring is 1. The first-order valence-electron chi connectivity index (χ1n) is 6.88. The molecule has 106 valence electrons. The molecule has 0 bridgehead atoms. The van der Waals surface area contributed by atoms with Crippen LogP contribution in [0.5, 0.6) is 5.75 Å². The molecule has 4 heteroatoms. The van der Waals surface area contributed by atoms with Crippen molar-refractivity contribution >= 4 is 5.69 Å². The number of rotatable bonds is 3. The number of hydrogen-bond acceptors (Lipinski definition) is 4. The number of benzene rings is 1. The minimum absolute atomic E-state index is 0.579. The Labute approximate surface area is 116 Å². The van der Waals surface area contributed by atoms with Crippen molar-refractivity contribution < 1.29 is 4.74 Å². The molecular weight excluding hydrogens is 238 g/mol. The Morgan fingerprint density at radius 2 is 1.89 bits per heavy atom. The molecule has 0 saturated carbocycles. The molecule has 0 amide bonds. The highest BCUT2D eigenvalue weighted by molar-refractivity contribution is 5.47. The summed E-state index contributed by atoms with van der Waals surface area (Å²) in [5.41, 5.74) is 7.85. The minimum atomic E-state index is 0.579. The molecule has 0 spiro atoms. The van der Waals surface area contributed by atoms with Crippen molar-refractivity contribution in [2.24, 2.45) is 0 Å². The molecule has 2 N–H and O–H groups in total. The average Bonchev–Trinajstić information content (AvgIpc) is 2.36. The van der Waals surface area contributed by atoms with Crippen LogP contribution in [0.3, 0.4) is 0 Å². The summed E-state index contributed by atoms with van der Waals surface area (Å²) in [5, 5.41) is 0. The van der Waals surface area contributed by atoms with Gasteiger partial charge in [-0.1, -0.05) is 0 Å². The third kappa shape index (κ3) is 3.19. The Hall–Kier alpha value is -1.26. The zero-order chi connectivity index (χ0) is 14.0. The molecule has 1 heterocycles. The highest BCUT2D eigenvalue weighted by atomic mass is 16.5. The van der Waals surface area contributed by atoms with Gasteiger partial charge in [-0.25, -0.2) is 0 Å². The van der Waals surface area contributed by atoms with Crippen LogP contribution in [0.2, 0.25) is 0 Å². The first kappa shape index (κ1) is 14.2. The molecule has 1 aromatic rings. The van der Waals surface area contributed by atoms with E-state index in [9.17, 15) is 0 Å². The van der Waals surface area contributed by atoms with Gasteiger partial charge in [-0.15, -0.1) is 0 Å². The Morgan fingerprint density at radius 1 is 1.26 bits per heavy atom. The smallest absolute Gasteiger partial charge is 0.123 e. The molecule has 2 rings (SSSR count). The van der Waals surface area contributed by atoms with Crippen LogP contribution < -0.4 is 10.5 Å². The molecular formula is C15H25N3O. The van der Waals surface area contributed by atoms with Gasteiger partial charge in [0.15, 0.2) is 0 Å². The average molecular weight is 263 g/mol. The van der Waals surface area contributed by atoms with Crippen molar-refractivity contribution in [1.82, 2.24) is 9.80 Å². The summed E-state index contributed by atoms with van der Waals surface area (Å²) in [4.78, 5) is 4.92. The lowest BCUT2D eigenvalue weighted by Gasteiger charge is -2.42. The highest BCUT2D eigenvalue weighted by Gasteiger charge is 2.26. The lowest BCUT2D eigenvalue weighted by Crippen LogP contribution is -2.54. The van der Waals surface area contributed by atoms with Crippen LogP contribution in [0.25, 0.3) is 0 Å². The van der Waals surface area contributed by atoms with Crippen molar-refractivity contribution in [2.45, 2.75) is 32.5 Å². The van der Waals surface area contributed by atoms with Gasteiger partial charge in [-0.3, -0.25) is 9.80 Å².